The van der Waals surface area contributed by atoms with Gasteiger partial charge < -0.3 is 0 Å². The van der Waals surface area contributed by atoms with Crippen molar-refractivity contribution in [3.8, 4) is 11.3 Å². The van der Waals surface area contributed by atoms with Gasteiger partial charge in [-0.2, -0.15) is 0 Å². The third kappa shape index (κ3) is 4.22. The number of benzene rings is 2. The van der Waals surface area contributed by atoms with E-state index in [4.69, 9.17) is 4.98 Å². The van der Waals surface area contributed by atoms with Crippen molar-refractivity contribution in [2.45, 2.75) is 33.6 Å². The smallest absolute Gasteiger partial charge is 0.257 e. The molecule has 0 bridgehead atoms. The van der Waals surface area contributed by atoms with Gasteiger partial charge in [-0.25, -0.2) is 4.98 Å². The molecule has 3 rings (SSSR count). The Hall–Kier alpha value is -1.98. The number of halogens is 1. The fourth-order valence-electron chi connectivity index (χ4n) is 2.77. The van der Waals surface area contributed by atoms with E-state index in [1.165, 1.54) is 16.0 Å². The molecule has 0 aliphatic heterocycles. The molecule has 1 heterocycles. The Morgan fingerprint density at radius 2 is 1.88 bits per heavy atom. The van der Waals surface area contributed by atoms with Crippen LogP contribution in [0.1, 0.15) is 39.7 Å². The first kappa shape index (κ1) is 18.8. The van der Waals surface area contributed by atoms with Crippen LogP contribution in [0.15, 0.2) is 46.9 Å². The molecule has 1 amide bonds. The normalized spacial score (nSPS) is 10.8. The molecule has 134 valence electrons. The van der Waals surface area contributed by atoms with Crippen molar-refractivity contribution < 1.29 is 4.79 Å². The number of aromatic nitrogens is 1. The van der Waals surface area contributed by atoms with Crippen LogP contribution >= 0.6 is 27.3 Å². The van der Waals surface area contributed by atoms with Crippen molar-refractivity contribution in [1.29, 1.82) is 0 Å². The van der Waals surface area contributed by atoms with Crippen LogP contribution in [-0.2, 0) is 6.42 Å². The number of aryl methyl sites for hydroxylation is 3. The monoisotopic (exact) mass is 428 g/mol. The van der Waals surface area contributed by atoms with E-state index in [-0.39, 0.29) is 5.91 Å². The quantitative estimate of drug-likeness (QED) is 0.510. The highest BCUT2D eigenvalue weighted by Gasteiger charge is 2.16. The second kappa shape index (κ2) is 8.14. The Morgan fingerprint density at radius 3 is 2.58 bits per heavy atom. The molecule has 1 N–H and O–H groups in total. The summed E-state index contributed by atoms with van der Waals surface area (Å²) in [4.78, 5) is 18.5. The summed E-state index contributed by atoms with van der Waals surface area (Å²) in [6.45, 7) is 6.35. The van der Waals surface area contributed by atoms with Gasteiger partial charge in [-0.1, -0.05) is 47.0 Å². The third-order valence-corrected chi connectivity index (χ3v) is 5.71. The lowest BCUT2D eigenvalue weighted by Crippen LogP contribution is -2.11. The van der Waals surface area contributed by atoms with Crippen molar-refractivity contribution in [3.05, 3.63) is 68.5 Å². The van der Waals surface area contributed by atoms with Gasteiger partial charge in [-0.05, 0) is 56.2 Å². The molecule has 0 atom stereocenters. The molecule has 0 aliphatic rings. The predicted octanol–water partition coefficient (Wildman–Crippen LogP) is 6.39. The maximum Gasteiger partial charge on any atom is 0.257 e. The summed E-state index contributed by atoms with van der Waals surface area (Å²) in [5.74, 6) is -0.137. The lowest BCUT2D eigenvalue weighted by molar-refractivity contribution is 0.102. The van der Waals surface area contributed by atoms with Crippen LogP contribution in [0, 0.1) is 13.8 Å². The Bertz CT molecular complexity index is 932. The predicted molar refractivity (Wildman–Crippen MR) is 113 cm³/mol. The van der Waals surface area contributed by atoms with E-state index < -0.39 is 0 Å². The third-order valence-electron chi connectivity index (χ3n) is 4.15. The first-order valence-electron chi connectivity index (χ1n) is 8.62. The van der Waals surface area contributed by atoms with Crippen LogP contribution < -0.4 is 5.32 Å². The van der Waals surface area contributed by atoms with Crippen LogP contribution in [0.25, 0.3) is 11.3 Å². The van der Waals surface area contributed by atoms with Crippen LogP contribution in [0.4, 0.5) is 5.13 Å². The summed E-state index contributed by atoms with van der Waals surface area (Å²) in [6.07, 6.45) is 1.99. The molecule has 0 saturated carbocycles. The summed E-state index contributed by atoms with van der Waals surface area (Å²) in [7, 11) is 0. The number of hydrogen-bond donors (Lipinski definition) is 1. The number of hydrogen-bond acceptors (Lipinski definition) is 3. The maximum atomic E-state index is 12.5. The second-order valence-electron chi connectivity index (χ2n) is 6.32. The molecule has 2 aromatic carbocycles. The zero-order valence-electron chi connectivity index (χ0n) is 15.1. The second-order valence-corrected chi connectivity index (χ2v) is 8.32. The van der Waals surface area contributed by atoms with Gasteiger partial charge in [0.2, 0.25) is 0 Å². The zero-order chi connectivity index (χ0) is 18.7. The summed E-state index contributed by atoms with van der Waals surface area (Å²) >= 11 is 4.96. The Kier molecular flexibility index (Phi) is 5.89. The number of nitrogens with zero attached hydrogens (tertiary/aromatic N) is 1. The highest BCUT2D eigenvalue weighted by atomic mass is 79.9. The van der Waals surface area contributed by atoms with Gasteiger partial charge in [0.15, 0.2) is 5.13 Å². The van der Waals surface area contributed by atoms with Gasteiger partial charge in [0, 0.05) is 20.5 Å². The maximum absolute atomic E-state index is 12.5. The fraction of sp³-hybridized carbons (Fsp3) is 0.238. The SMILES string of the molecule is CCCc1sc(NC(=O)c2ccc(Br)cc2)nc1-c1cc(C)ccc1C. The summed E-state index contributed by atoms with van der Waals surface area (Å²) < 4.78 is 0.950. The molecular formula is C21H21BrN2OS. The van der Waals surface area contributed by atoms with Gasteiger partial charge in [-0.15, -0.1) is 11.3 Å². The van der Waals surface area contributed by atoms with E-state index in [2.05, 4.69) is 60.2 Å². The number of rotatable bonds is 5. The van der Waals surface area contributed by atoms with Gasteiger partial charge in [-0.3, -0.25) is 10.1 Å². The molecular weight excluding hydrogens is 408 g/mol. The number of carbonyl (C=O) groups excluding carboxylic acids is 1. The molecule has 0 saturated heterocycles. The van der Waals surface area contributed by atoms with Crippen LogP contribution in [0.2, 0.25) is 0 Å². The van der Waals surface area contributed by atoms with Crippen LogP contribution in [0.5, 0.6) is 0 Å². The first-order valence-corrected chi connectivity index (χ1v) is 10.2. The van der Waals surface area contributed by atoms with Crippen molar-refractivity contribution >= 4 is 38.3 Å². The molecule has 1 aromatic heterocycles. The Morgan fingerprint density at radius 1 is 1.15 bits per heavy atom. The van der Waals surface area contributed by atoms with E-state index in [0.717, 1.165) is 28.6 Å². The lowest BCUT2D eigenvalue weighted by atomic mass is 10.0. The average Bonchev–Trinajstić information content (AvgIpc) is 3.00. The van der Waals surface area contributed by atoms with Crippen molar-refractivity contribution in [1.82, 2.24) is 4.98 Å². The Labute approximate surface area is 166 Å². The number of nitrogens with one attached hydrogen (secondary N) is 1. The van der Waals surface area contributed by atoms with Gasteiger partial charge in [0.25, 0.3) is 5.91 Å². The lowest BCUT2D eigenvalue weighted by Gasteiger charge is -2.06. The van der Waals surface area contributed by atoms with E-state index >= 15 is 0 Å². The minimum Gasteiger partial charge on any atom is -0.298 e. The fourth-order valence-corrected chi connectivity index (χ4v) is 4.11. The van der Waals surface area contributed by atoms with Gasteiger partial charge >= 0.3 is 0 Å². The first-order chi connectivity index (χ1) is 12.5. The standard InChI is InChI=1S/C21H21BrN2OS/c1-4-5-18-19(17-12-13(2)6-7-14(17)3)23-21(26-18)24-20(25)15-8-10-16(22)11-9-15/h6-12H,4-5H2,1-3H3,(H,23,24,25). The number of carbonyl (C=O) groups is 1. The number of amides is 1. The molecule has 0 spiro atoms. The minimum absolute atomic E-state index is 0.137. The largest absolute Gasteiger partial charge is 0.298 e. The van der Waals surface area contributed by atoms with E-state index in [9.17, 15) is 4.79 Å². The number of thiazole rings is 1. The van der Waals surface area contributed by atoms with Crippen molar-refractivity contribution in [2.24, 2.45) is 0 Å². The van der Waals surface area contributed by atoms with E-state index in [1.54, 1.807) is 23.5 Å². The van der Waals surface area contributed by atoms with Crippen molar-refractivity contribution in [2.75, 3.05) is 5.32 Å². The summed E-state index contributed by atoms with van der Waals surface area (Å²) in [6, 6.07) is 13.7. The molecule has 0 radical (unpaired) electrons. The highest BCUT2D eigenvalue weighted by Crippen LogP contribution is 2.34. The molecule has 3 nitrogen and oxygen atoms in total. The molecule has 26 heavy (non-hydrogen) atoms. The van der Waals surface area contributed by atoms with E-state index in [0.29, 0.717) is 10.7 Å². The van der Waals surface area contributed by atoms with Crippen molar-refractivity contribution in [3.63, 3.8) is 0 Å². The molecule has 0 unspecified atom stereocenters. The highest BCUT2D eigenvalue weighted by molar-refractivity contribution is 9.10. The molecule has 5 heteroatoms. The average molecular weight is 429 g/mol. The zero-order valence-corrected chi connectivity index (χ0v) is 17.5. The number of anilines is 1. The van der Waals surface area contributed by atoms with Crippen LogP contribution in [-0.4, -0.2) is 10.9 Å². The van der Waals surface area contributed by atoms with Gasteiger partial charge in [0.05, 0.1) is 5.69 Å². The molecule has 0 fully saturated rings. The Balaban J connectivity index is 1.93. The molecule has 3 aromatic rings. The van der Waals surface area contributed by atoms with E-state index in [1.807, 2.05) is 12.1 Å². The topological polar surface area (TPSA) is 42.0 Å². The molecule has 0 aliphatic carbocycles. The summed E-state index contributed by atoms with van der Waals surface area (Å²) in [5, 5.41) is 3.60. The van der Waals surface area contributed by atoms with Crippen LogP contribution in [0.3, 0.4) is 0 Å². The van der Waals surface area contributed by atoms with Gasteiger partial charge in [0.1, 0.15) is 0 Å². The minimum atomic E-state index is -0.137. The summed E-state index contributed by atoms with van der Waals surface area (Å²) in [5.41, 5.74) is 5.16.